The van der Waals surface area contributed by atoms with Crippen molar-refractivity contribution in [1.29, 1.82) is 5.26 Å². The number of hydrogen-bond donors (Lipinski definition) is 2. The zero-order valence-electron chi connectivity index (χ0n) is 15.9. The van der Waals surface area contributed by atoms with Gasteiger partial charge in [-0.3, -0.25) is 0 Å². The molecule has 2 aromatic carbocycles. The van der Waals surface area contributed by atoms with Gasteiger partial charge in [-0.15, -0.1) is 0 Å². The summed E-state index contributed by atoms with van der Waals surface area (Å²) in [6, 6.07) is 12.8. The highest BCUT2D eigenvalue weighted by molar-refractivity contribution is 5.79. The van der Waals surface area contributed by atoms with Crippen LogP contribution in [-0.4, -0.2) is 23.3 Å². The molecule has 0 aliphatic rings. The van der Waals surface area contributed by atoms with Gasteiger partial charge in [0, 0.05) is 11.8 Å². The second kappa shape index (κ2) is 8.95. The summed E-state index contributed by atoms with van der Waals surface area (Å²) < 4.78 is 11.5. The number of nitrogens with zero attached hydrogens (tertiary/aromatic N) is 1. The van der Waals surface area contributed by atoms with E-state index in [0.29, 0.717) is 28.3 Å². The van der Waals surface area contributed by atoms with E-state index >= 15 is 0 Å². The number of rotatable bonds is 8. The van der Waals surface area contributed by atoms with Gasteiger partial charge in [0.25, 0.3) is 0 Å². The van der Waals surface area contributed by atoms with Gasteiger partial charge in [0.1, 0.15) is 11.5 Å². The molecular formula is C21H24N2O4. The first-order valence-corrected chi connectivity index (χ1v) is 8.76. The van der Waals surface area contributed by atoms with E-state index in [0.717, 1.165) is 0 Å². The molecule has 0 bridgehead atoms. The summed E-state index contributed by atoms with van der Waals surface area (Å²) >= 11 is 0. The van der Waals surface area contributed by atoms with Crippen molar-refractivity contribution < 1.29 is 19.4 Å². The number of nitrogens with one attached hydrogen (secondary N) is 1. The van der Waals surface area contributed by atoms with Gasteiger partial charge in [-0.1, -0.05) is 0 Å². The van der Waals surface area contributed by atoms with Gasteiger partial charge in [0.15, 0.2) is 6.04 Å². The quantitative estimate of drug-likeness (QED) is 0.719. The minimum absolute atomic E-state index is 0.0538. The van der Waals surface area contributed by atoms with Crippen LogP contribution in [0.25, 0.3) is 0 Å². The van der Waals surface area contributed by atoms with Crippen LogP contribution in [0.4, 0.5) is 5.69 Å². The second-order valence-corrected chi connectivity index (χ2v) is 6.68. The zero-order chi connectivity index (χ0) is 20.0. The maximum Gasteiger partial charge on any atom is 0.330 e. The molecule has 0 aromatic heterocycles. The SMILES string of the molecule is CC(C)Oc1cc(OC(C)C)cc(C(Nc2ccc(C#N)cc2)C(=O)O)c1. The number of carbonyl (C=O) groups is 1. The molecule has 0 saturated heterocycles. The highest BCUT2D eigenvalue weighted by Gasteiger charge is 2.22. The Balaban J connectivity index is 2.38. The molecule has 6 nitrogen and oxygen atoms in total. The average Bonchev–Trinajstić information content (AvgIpc) is 2.58. The highest BCUT2D eigenvalue weighted by Crippen LogP contribution is 2.30. The van der Waals surface area contributed by atoms with Crippen LogP contribution < -0.4 is 14.8 Å². The first-order chi connectivity index (χ1) is 12.8. The van der Waals surface area contributed by atoms with Gasteiger partial charge < -0.3 is 19.9 Å². The molecule has 142 valence electrons. The van der Waals surface area contributed by atoms with E-state index in [2.05, 4.69) is 5.32 Å². The summed E-state index contributed by atoms with van der Waals surface area (Å²) in [7, 11) is 0. The number of ether oxygens (including phenoxy) is 2. The Morgan fingerprint density at radius 1 is 1.00 bits per heavy atom. The Hall–Kier alpha value is -3.20. The Morgan fingerprint density at radius 2 is 1.52 bits per heavy atom. The summed E-state index contributed by atoms with van der Waals surface area (Å²) in [6.45, 7) is 7.61. The van der Waals surface area contributed by atoms with E-state index in [9.17, 15) is 9.90 Å². The number of carboxylic acid groups (broad SMARTS) is 1. The fourth-order valence-corrected chi connectivity index (χ4v) is 2.54. The molecule has 2 N–H and O–H groups in total. The normalized spacial score (nSPS) is 11.7. The van der Waals surface area contributed by atoms with Crippen LogP contribution in [0.3, 0.4) is 0 Å². The molecule has 0 spiro atoms. The molecule has 0 fully saturated rings. The maximum absolute atomic E-state index is 11.9. The van der Waals surface area contributed by atoms with Crippen LogP contribution >= 0.6 is 0 Å². The van der Waals surface area contributed by atoms with Crippen molar-refractivity contribution in [2.45, 2.75) is 45.9 Å². The highest BCUT2D eigenvalue weighted by atomic mass is 16.5. The van der Waals surface area contributed by atoms with Crippen molar-refractivity contribution >= 4 is 11.7 Å². The topological polar surface area (TPSA) is 91.6 Å². The number of nitriles is 1. The van der Waals surface area contributed by atoms with E-state index in [1.54, 1.807) is 42.5 Å². The third-order valence-electron chi connectivity index (χ3n) is 3.55. The second-order valence-electron chi connectivity index (χ2n) is 6.68. The third kappa shape index (κ3) is 5.93. The smallest absolute Gasteiger partial charge is 0.330 e. The summed E-state index contributed by atoms with van der Waals surface area (Å²) in [4.78, 5) is 11.9. The first-order valence-electron chi connectivity index (χ1n) is 8.76. The van der Waals surface area contributed by atoms with Gasteiger partial charge >= 0.3 is 5.97 Å². The van der Waals surface area contributed by atoms with Gasteiger partial charge in [0.05, 0.1) is 23.8 Å². The lowest BCUT2D eigenvalue weighted by Gasteiger charge is -2.20. The van der Waals surface area contributed by atoms with Crippen molar-refractivity contribution in [3.63, 3.8) is 0 Å². The molecule has 0 aliphatic heterocycles. The van der Waals surface area contributed by atoms with Gasteiger partial charge in [-0.25, -0.2) is 4.79 Å². The van der Waals surface area contributed by atoms with Crippen molar-refractivity contribution in [2.24, 2.45) is 0 Å². The average molecular weight is 368 g/mol. The van der Waals surface area contributed by atoms with Crippen molar-refractivity contribution in [3.8, 4) is 17.6 Å². The Kier molecular flexibility index (Phi) is 6.67. The lowest BCUT2D eigenvalue weighted by atomic mass is 10.1. The van der Waals surface area contributed by atoms with Crippen LogP contribution in [0.2, 0.25) is 0 Å². The molecule has 0 amide bonds. The van der Waals surface area contributed by atoms with E-state index in [1.807, 2.05) is 33.8 Å². The van der Waals surface area contributed by atoms with Crippen molar-refractivity contribution in [2.75, 3.05) is 5.32 Å². The summed E-state index contributed by atoms with van der Waals surface area (Å²) in [5.41, 5.74) is 1.62. The number of hydrogen-bond acceptors (Lipinski definition) is 5. The van der Waals surface area contributed by atoms with E-state index in [-0.39, 0.29) is 12.2 Å². The standard InChI is InChI=1S/C21H24N2O4/c1-13(2)26-18-9-16(10-19(11-18)27-14(3)4)20(21(24)25)23-17-7-5-15(12-22)6-8-17/h5-11,13-14,20,23H,1-4H3,(H,24,25). The summed E-state index contributed by atoms with van der Waals surface area (Å²) in [5, 5.41) is 21.6. The van der Waals surface area contributed by atoms with E-state index in [1.165, 1.54) is 0 Å². The molecule has 1 unspecified atom stereocenters. The minimum atomic E-state index is -1.03. The zero-order valence-corrected chi connectivity index (χ0v) is 15.9. The molecule has 1 atom stereocenters. The Bertz CT molecular complexity index is 795. The molecule has 0 radical (unpaired) electrons. The van der Waals surface area contributed by atoms with Gasteiger partial charge in [-0.2, -0.15) is 5.26 Å². The number of benzene rings is 2. The lowest BCUT2D eigenvalue weighted by molar-refractivity contribution is -0.138. The van der Waals surface area contributed by atoms with E-state index < -0.39 is 12.0 Å². The molecule has 0 saturated carbocycles. The first kappa shape index (κ1) is 20.1. The predicted octanol–water partition coefficient (Wildman–Crippen LogP) is 4.37. The fraction of sp³-hybridized carbons (Fsp3) is 0.333. The third-order valence-corrected chi connectivity index (χ3v) is 3.55. The Labute approximate surface area is 159 Å². The maximum atomic E-state index is 11.9. The largest absolute Gasteiger partial charge is 0.491 e. The fourth-order valence-electron chi connectivity index (χ4n) is 2.54. The van der Waals surface area contributed by atoms with Crippen LogP contribution in [0, 0.1) is 11.3 Å². The van der Waals surface area contributed by atoms with Crippen LogP contribution in [0.1, 0.15) is 44.9 Å². The molecule has 2 rings (SSSR count). The van der Waals surface area contributed by atoms with Gasteiger partial charge in [-0.05, 0) is 69.7 Å². The van der Waals surface area contributed by atoms with Crippen LogP contribution in [0.15, 0.2) is 42.5 Å². The molecule has 0 aliphatic carbocycles. The monoisotopic (exact) mass is 368 g/mol. The van der Waals surface area contributed by atoms with Crippen LogP contribution in [0.5, 0.6) is 11.5 Å². The molecular weight excluding hydrogens is 344 g/mol. The molecule has 27 heavy (non-hydrogen) atoms. The number of carboxylic acids is 1. The number of aliphatic carboxylic acids is 1. The van der Waals surface area contributed by atoms with Crippen LogP contribution in [-0.2, 0) is 4.79 Å². The summed E-state index contributed by atoms with van der Waals surface area (Å²) in [5.74, 6) is 0.0635. The summed E-state index contributed by atoms with van der Waals surface area (Å²) in [6.07, 6.45) is -0.108. The van der Waals surface area contributed by atoms with Crippen molar-refractivity contribution in [1.82, 2.24) is 0 Å². The molecule has 2 aromatic rings. The predicted molar refractivity (Wildman–Crippen MR) is 103 cm³/mol. The molecule has 6 heteroatoms. The Morgan fingerprint density at radius 3 is 1.93 bits per heavy atom. The van der Waals surface area contributed by atoms with Crippen molar-refractivity contribution in [3.05, 3.63) is 53.6 Å². The lowest BCUT2D eigenvalue weighted by Crippen LogP contribution is -2.21. The van der Waals surface area contributed by atoms with Gasteiger partial charge in [0.2, 0.25) is 0 Å². The van der Waals surface area contributed by atoms with E-state index in [4.69, 9.17) is 14.7 Å². The molecule has 0 heterocycles. The number of anilines is 1. The minimum Gasteiger partial charge on any atom is -0.491 e.